The Hall–Kier alpha value is -4.26. The van der Waals surface area contributed by atoms with Gasteiger partial charge in [-0.2, -0.15) is 8.78 Å². The fourth-order valence-corrected chi connectivity index (χ4v) is 5.86. The number of methoxy groups -OCH3 is 1. The quantitative estimate of drug-likeness (QED) is 0.348. The van der Waals surface area contributed by atoms with E-state index in [1.54, 1.807) is 43.0 Å². The van der Waals surface area contributed by atoms with Gasteiger partial charge in [0.05, 0.1) is 7.11 Å². The number of likely N-dealkylation sites (N-methyl/N-ethyl adjacent to an activating group) is 1. The first-order chi connectivity index (χ1) is 22.4. The van der Waals surface area contributed by atoms with E-state index in [1.807, 2.05) is 7.05 Å². The van der Waals surface area contributed by atoms with Crippen LogP contribution < -0.4 is 15.4 Å². The van der Waals surface area contributed by atoms with Gasteiger partial charge in [0.25, 0.3) is 11.8 Å². The molecule has 1 aliphatic heterocycles. The predicted octanol–water partition coefficient (Wildman–Crippen LogP) is 4.14. The van der Waals surface area contributed by atoms with Crippen LogP contribution in [0, 0.1) is 5.92 Å². The zero-order chi connectivity index (χ0) is 34.1. The number of ether oxygens (including phenoxy) is 1. The molecule has 0 bridgehead atoms. The van der Waals surface area contributed by atoms with Crippen LogP contribution in [0.1, 0.15) is 69.4 Å². The summed E-state index contributed by atoms with van der Waals surface area (Å²) in [5.74, 6) is -7.47. The number of hydrogen-bond donors (Lipinski definition) is 2. The number of carbonyl (C=O) groups is 4. The molecule has 47 heavy (non-hydrogen) atoms. The van der Waals surface area contributed by atoms with Gasteiger partial charge in [0.15, 0.2) is 0 Å². The molecule has 11 nitrogen and oxygen atoms in total. The lowest BCUT2D eigenvalue weighted by atomic mass is 9.83. The molecule has 2 N–H and O–H groups in total. The molecule has 1 saturated carbocycles. The lowest BCUT2D eigenvalue weighted by Gasteiger charge is -2.33. The van der Waals surface area contributed by atoms with Crippen LogP contribution >= 0.6 is 0 Å². The first-order valence-corrected chi connectivity index (χ1v) is 16.1. The SMILES string of the molecule is CCC(=O)/N=C(/C(=O)N1CCN(C)CC1)[C@@H](C)c1ccc(NC(=O)[C@@H](NC(=O)C(F)(F)c2ccc(OC)nc2)C2CCCCC2)cc1. The smallest absolute Gasteiger partial charge is 0.351 e. The Kier molecular flexibility index (Phi) is 12.1. The summed E-state index contributed by atoms with van der Waals surface area (Å²) in [6, 6.07) is 7.85. The third-order valence-corrected chi connectivity index (χ3v) is 8.93. The molecule has 1 aromatic heterocycles. The van der Waals surface area contributed by atoms with Gasteiger partial charge in [-0.05, 0) is 49.6 Å². The van der Waals surface area contributed by atoms with Gasteiger partial charge in [0.2, 0.25) is 17.7 Å². The van der Waals surface area contributed by atoms with Crippen molar-refractivity contribution in [2.24, 2.45) is 10.9 Å². The van der Waals surface area contributed by atoms with Gasteiger partial charge in [-0.25, -0.2) is 9.98 Å². The van der Waals surface area contributed by atoms with E-state index < -0.39 is 35.3 Å². The number of halogens is 2. The summed E-state index contributed by atoms with van der Waals surface area (Å²) >= 11 is 0. The van der Waals surface area contributed by atoms with E-state index in [0.717, 1.165) is 44.6 Å². The molecule has 2 aromatic rings. The van der Waals surface area contributed by atoms with Crippen molar-refractivity contribution >= 4 is 35.0 Å². The molecule has 2 fully saturated rings. The second kappa shape index (κ2) is 16.0. The van der Waals surface area contributed by atoms with Crippen LogP contribution in [0.2, 0.25) is 0 Å². The van der Waals surface area contributed by atoms with Crippen molar-refractivity contribution in [2.75, 3.05) is 45.7 Å². The number of piperazine rings is 1. The summed E-state index contributed by atoms with van der Waals surface area (Å²) in [5.41, 5.74) is 0.642. The minimum absolute atomic E-state index is 0.129. The fourth-order valence-electron chi connectivity index (χ4n) is 5.86. The summed E-state index contributed by atoms with van der Waals surface area (Å²) in [4.78, 5) is 64.1. The summed E-state index contributed by atoms with van der Waals surface area (Å²) in [7, 11) is 3.34. The van der Waals surface area contributed by atoms with Gasteiger partial charge >= 0.3 is 5.92 Å². The summed E-state index contributed by atoms with van der Waals surface area (Å²) in [6.45, 7) is 6.01. The minimum atomic E-state index is -3.93. The molecular weight excluding hydrogens is 610 g/mol. The van der Waals surface area contributed by atoms with Crippen LogP contribution in [0.4, 0.5) is 14.5 Å². The number of pyridine rings is 1. The maximum absolute atomic E-state index is 15.2. The van der Waals surface area contributed by atoms with Crippen molar-refractivity contribution in [2.45, 2.75) is 70.3 Å². The number of benzene rings is 1. The number of aromatic nitrogens is 1. The number of rotatable bonds is 11. The zero-order valence-corrected chi connectivity index (χ0v) is 27.4. The molecule has 254 valence electrons. The number of aliphatic imine (C=N–C) groups is 1. The number of carbonyl (C=O) groups excluding carboxylic acids is 4. The van der Waals surface area contributed by atoms with Gasteiger partial charge in [0, 0.05) is 62.0 Å². The number of hydrogen-bond acceptors (Lipinski definition) is 7. The number of amides is 4. The average molecular weight is 655 g/mol. The zero-order valence-electron chi connectivity index (χ0n) is 27.4. The monoisotopic (exact) mass is 654 g/mol. The predicted molar refractivity (Wildman–Crippen MR) is 173 cm³/mol. The van der Waals surface area contributed by atoms with E-state index >= 15 is 8.78 Å². The summed E-state index contributed by atoms with van der Waals surface area (Å²) in [5, 5.41) is 5.11. The second-order valence-corrected chi connectivity index (χ2v) is 12.2. The molecule has 2 heterocycles. The maximum atomic E-state index is 15.2. The van der Waals surface area contributed by atoms with Gasteiger partial charge in [-0.3, -0.25) is 19.2 Å². The number of anilines is 1. The Morgan fingerprint density at radius 3 is 2.26 bits per heavy atom. The molecule has 1 aliphatic carbocycles. The third kappa shape index (κ3) is 8.97. The Morgan fingerprint density at radius 2 is 1.68 bits per heavy atom. The van der Waals surface area contributed by atoms with Crippen LogP contribution in [0.3, 0.4) is 0 Å². The standard InChI is InChI=1S/C34H44F2N6O5/c1-5-27(43)39-29(32(45)42-19-17-41(3)18-20-42)22(2)23-11-14-26(15-12-23)38-31(44)30(24-9-7-6-8-10-24)40-33(46)34(35,36)25-13-16-28(47-4)37-21-25/h11-16,21-22,24,30H,5-10,17-20H2,1-4H3,(H,38,44)(H,40,46)/b39-29+/t22-,30-/m0/s1. The lowest BCUT2D eigenvalue weighted by molar-refractivity contribution is -0.149. The van der Waals surface area contributed by atoms with Crippen molar-refractivity contribution in [1.82, 2.24) is 20.1 Å². The molecular formula is C34H44F2N6O5. The highest BCUT2D eigenvalue weighted by molar-refractivity contribution is 6.42. The summed E-state index contributed by atoms with van der Waals surface area (Å²) < 4.78 is 35.3. The summed E-state index contributed by atoms with van der Waals surface area (Å²) in [6.07, 6.45) is 4.90. The average Bonchev–Trinajstić information content (AvgIpc) is 3.09. The van der Waals surface area contributed by atoms with Crippen molar-refractivity contribution in [3.8, 4) is 5.88 Å². The van der Waals surface area contributed by atoms with Crippen molar-refractivity contribution in [3.63, 3.8) is 0 Å². The molecule has 4 amide bonds. The molecule has 13 heteroatoms. The molecule has 2 aliphatic rings. The Bertz CT molecular complexity index is 1440. The Balaban J connectivity index is 1.49. The highest BCUT2D eigenvalue weighted by atomic mass is 19.3. The second-order valence-electron chi connectivity index (χ2n) is 12.2. The van der Waals surface area contributed by atoms with E-state index in [1.165, 1.54) is 13.2 Å². The first kappa shape index (κ1) is 35.6. The molecule has 0 spiro atoms. The van der Waals surface area contributed by atoms with Crippen LogP contribution in [-0.2, 0) is 25.1 Å². The molecule has 4 rings (SSSR count). The molecule has 1 saturated heterocycles. The Labute approximate surface area is 274 Å². The normalized spacial score (nSPS) is 17.8. The molecule has 2 atom stereocenters. The van der Waals surface area contributed by atoms with Crippen LogP contribution in [-0.4, -0.2) is 90.5 Å². The number of alkyl halides is 2. The van der Waals surface area contributed by atoms with E-state index in [4.69, 9.17) is 4.74 Å². The topological polar surface area (TPSA) is 133 Å². The highest BCUT2D eigenvalue weighted by Crippen LogP contribution is 2.32. The Morgan fingerprint density at radius 1 is 1.02 bits per heavy atom. The van der Waals surface area contributed by atoms with Gasteiger partial charge < -0.3 is 25.2 Å². The molecule has 0 radical (unpaired) electrons. The van der Waals surface area contributed by atoms with E-state index in [9.17, 15) is 19.2 Å². The first-order valence-electron chi connectivity index (χ1n) is 16.1. The van der Waals surface area contributed by atoms with Gasteiger partial charge in [-0.15, -0.1) is 0 Å². The molecule has 0 unspecified atom stereocenters. The minimum Gasteiger partial charge on any atom is -0.481 e. The fraction of sp³-hybridized carbons (Fsp3) is 0.529. The van der Waals surface area contributed by atoms with E-state index in [-0.39, 0.29) is 35.7 Å². The number of nitrogens with zero attached hydrogens (tertiary/aromatic N) is 4. The van der Waals surface area contributed by atoms with Gasteiger partial charge in [-0.1, -0.05) is 45.2 Å². The van der Waals surface area contributed by atoms with Crippen molar-refractivity contribution in [1.29, 1.82) is 0 Å². The van der Waals surface area contributed by atoms with Crippen LogP contribution in [0.25, 0.3) is 0 Å². The van der Waals surface area contributed by atoms with Crippen LogP contribution in [0.5, 0.6) is 5.88 Å². The number of nitrogens with one attached hydrogen (secondary N) is 2. The molecule has 1 aromatic carbocycles. The highest BCUT2D eigenvalue weighted by Gasteiger charge is 2.44. The van der Waals surface area contributed by atoms with E-state index in [0.29, 0.717) is 37.2 Å². The maximum Gasteiger partial charge on any atom is 0.351 e. The van der Waals surface area contributed by atoms with Crippen molar-refractivity contribution < 1.29 is 32.7 Å². The third-order valence-electron chi connectivity index (χ3n) is 8.93. The van der Waals surface area contributed by atoms with Crippen molar-refractivity contribution in [3.05, 3.63) is 53.7 Å². The van der Waals surface area contributed by atoms with E-state index in [2.05, 4.69) is 25.5 Å². The van der Waals surface area contributed by atoms with Gasteiger partial charge in [0.1, 0.15) is 11.8 Å². The largest absolute Gasteiger partial charge is 0.481 e. The lowest BCUT2D eigenvalue weighted by Crippen LogP contribution is -2.52. The van der Waals surface area contributed by atoms with Crippen LogP contribution in [0.15, 0.2) is 47.6 Å².